The fraction of sp³-hybridized carbons (Fsp3) is 1.00. The van der Waals surface area contributed by atoms with E-state index in [4.69, 9.17) is 0 Å². The summed E-state index contributed by atoms with van der Waals surface area (Å²) < 4.78 is 0. The van der Waals surface area contributed by atoms with E-state index >= 15 is 0 Å². The molecular formula is C8H14O. The third-order valence-electron chi connectivity index (χ3n) is 3.12. The van der Waals surface area contributed by atoms with Crippen LogP contribution in [0.2, 0.25) is 0 Å². The van der Waals surface area contributed by atoms with Crippen LogP contribution in [-0.4, -0.2) is 11.2 Å². The number of aliphatic hydroxyl groups is 1. The van der Waals surface area contributed by atoms with Crippen molar-refractivity contribution in [3.8, 4) is 0 Å². The van der Waals surface area contributed by atoms with Gasteiger partial charge < -0.3 is 5.11 Å². The lowest BCUT2D eigenvalue weighted by atomic mass is 9.98. The predicted octanol–water partition coefficient (Wildman–Crippen LogP) is 1.41. The van der Waals surface area contributed by atoms with Gasteiger partial charge in [-0.1, -0.05) is 13.3 Å². The minimum absolute atomic E-state index is 0.0544. The van der Waals surface area contributed by atoms with Crippen molar-refractivity contribution in [3.63, 3.8) is 0 Å². The predicted molar refractivity (Wildman–Crippen MR) is 36.0 cm³/mol. The zero-order chi connectivity index (χ0) is 6.43. The molecule has 0 heterocycles. The molecule has 0 saturated heterocycles. The number of fused-ring (bicyclic) bond motifs is 1. The molecule has 2 rings (SSSR count). The minimum Gasteiger partial charge on any atom is -0.393 e. The van der Waals surface area contributed by atoms with Crippen LogP contribution in [0.5, 0.6) is 0 Å². The first-order valence-electron chi connectivity index (χ1n) is 3.99. The topological polar surface area (TPSA) is 20.2 Å². The Hall–Kier alpha value is -0.0400. The maximum atomic E-state index is 9.39. The lowest BCUT2D eigenvalue weighted by Crippen LogP contribution is -2.14. The van der Waals surface area contributed by atoms with Gasteiger partial charge in [-0.05, 0) is 30.6 Å². The van der Waals surface area contributed by atoms with Gasteiger partial charge in [0.05, 0.1) is 6.10 Å². The monoisotopic (exact) mass is 126 g/mol. The first-order valence-corrected chi connectivity index (χ1v) is 3.99. The molecule has 0 aromatic rings. The van der Waals surface area contributed by atoms with Gasteiger partial charge in [-0.2, -0.15) is 0 Å². The van der Waals surface area contributed by atoms with Gasteiger partial charge in [-0.15, -0.1) is 0 Å². The third kappa shape index (κ3) is 0.710. The Labute approximate surface area is 56.1 Å². The van der Waals surface area contributed by atoms with Gasteiger partial charge in [0.25, 0.3) is 0 Å². The van der Waals surface area contributed by atoms with Crippen LogP contribution in [0.3, 0.4) is 0 Å². The first-order chi connectivity index (χ1) is 4.30. The van der Waals surface area contributed by atoms with E-state index in [1.165, 1.54) is 12.8 Å². The molecule has 2 aliphatic carbocycles. The highest BCUT2D eigenvalue weighted by Crippen LogP contribution is 2.54. The molecule has 9 heavy (non-hydrogen) atoms. The van der Waals surface area contributed by atoms with Crippen molar-refractivity contribution < 1.29 is 5.11 Å². The van der Waals surface area contributed by atoms with Crippen molar-refractivity contribution in [1.29, 1.82) is 0 Å². The highest BCUT2D eigenvalue weighted by molar-refractivity contribution is 5.00. The Morgan fingerprint density at radius 1 is 1.33 bits per heavy atom. The van der Waals surface area contributed by atoms with E-state index in [0.717, 1.165) is 18.3 Å². The molecule has 0 unspecified atom stereocenters. The maximum Gasteiger partial charge on any atom is 0.0573 e. The zero-order valence-electron chi connectivity index (χ0n) is 5.88. The molecule has 0 aromatic carbocycles. The Morgan fingerprint density at radius 3 is 2.67 bits per heavy atom. The van der Waals surface area contributed by atoms with Gasteiger partial charge in [-0.3, -0.25) is 0 Å². The van der Waals surface area contributed by atoms with E-state index < -0.39 is 0 Å². The summed E-state index contributed by atoms with van der Waals surface area (Å²) in [5.74, 6) is 2.43. The highest BCUT2D eigenvalue weighted by Gasteiger charge is 2.51. The average molecular weight is 126 g/mol. The molecular weight excluding hydrogens is 112 g/mol. The second-order valence-corrected chi connectivity index (χ2v) is 3.60. The summed E-state index contributed by atoms with van der Waals surface area (Å²) in [4.78, 5) is 0. The van der Waals surface area contributed by atoms with Gasteiger partial charge in [0.2, 0.25) is 0 Å². The summed E-state index contributed by atoms with van der Waals surface area (Å²) in [5.41, 5.74) is 0. The normalized spacial score (nSPS) is 56.7. The van der Waals surface area contributed by atoms with E-state index in [-0.39, 0.29) is 6.10 Å². The fourth-order valence-corrected chi connectivity index (χ4v) is 2.43. The third-order valence-corrected chi connectivity index (χ3v) is 3.12. The average Bonchev–Trinajstić information content (AvgIpc) is 2.45. The summed E-state index contributed by atoms with van der Waals surface area (Å²) in [6, 6.07) is 0. The van der Waals surface area contributed by atoms with Crippen LogP contribution < -0.4 is 0 Å². The summed E-state index contributed by atoms with van der Waals surface area (Å²) in [5, 5.41) is 9.39. The molecule has 0 aromatic heterocycles. The Kier molecular flexibility index (Phi) is 1.10. The molecule has 2 aliphatic rings. The van der Waals surface area contributed by atoms with E-state index in [2.05, 4.69) is 6.92 Å². The maximum absolute atomic E-state index is 9.39. The summed E-state index contributed by atoms with van der Waals surface area (Å²) in [6.07, 6.45) is 3.75. The summed E-state index contributed by atoms with van der Waals surface area (Å²) >= 11 is 0. The smallest absolute Gasteiger partial charge is 0.0573 e. The van der Waals surface area contributed by atoms with Crippen LogP contribution in [0.1, 0.15) is 26.2 Å². The zero-order valence-corrected chi connectivity index (χ0v) is 5.88. The van der Waals surface area contributed by atoms with Gasteiger partial charge in [0, 0.05) is 0 Å². The van der Waals surface area contributed by atoms with Gasteiger partial charge in [0.15, 0.2) is 0 Å². The quantitative estimate of drug-likeness (QED) is 0.520. The highest BCUT2D eigenvalue weighted by atomic mass is 16.3. The second kappa shape index (κ2) is 1.72. The molecule has 0 amide bonds. The van der Waals surface area contributed by atoms with E-state index in [9.17, 15) is 5.11 Å². The van der Waals surface area contributed by atoms with Crippen molar-refractivity contribution >= 4 is 0 Å². The molecule has 0 aliphatic heterocycles. The number of hydrogen-bond acceptors (Lipinski definition) is 1. The summed E-state index contributed by atoms with van der Waals surface area (Å²) in [6.45, 7) is 2.27. The molecule has 2 fully saturated rings. The Balaban J connectivity index is 2.02. The Bertz CT molecular complexity index is 116. The van der Waals surface area contributed by atoms with Crippen LogP contribution in [0.25, 0.3) is 0 Å². The molecule has 1 heteroatoms. The van der Waals surface area contributed by atoms with Crippen molar-refractivity contribution in [2.24, 2.45) is 17.8 Å². The number of aliphatic hydroxyl groups excluding tert-OH is 1. The van der Waals surface area contributed by atoms with Crippen LogP contribution in [-0.2, 0) is 0 Å². The van der Waals surface area contributed by atoms with Gasteiger partial charge in [-0.25, -0.2) is 0 Å². The van der Waals surface area contributed by atoms with Gasteiger partial charge >= 0.3 is 0 Å². The molecule has 52 valence electrons. The lowest BCUT2D eigenvalue weighted by Gasteiger charge is -2.14. The molecule has 1 nitrogen and oxygen atoms in total. The second-order valence-electron chi connectivity index (χ2n) is 3.60. The minimum atomic E-state index is 0.0544. The van der Waals surface area contributed by atoms with E-state index in [1.807, 2.05) is 0 Å². The number of rotatable bonds is 0. The number of hydrogen-bond donors (Lipinski definition) is 1. The lowest BCUT2D eigenvalue weighted by molar-refractivity contribution is 0.113. The molecule has 2 saturated carbocycles. The Morgan fingerprint density at radius 2 is 2.11 bits per heavy atom. The van der Waals surface area contributed by atoms with Crippen LogP contribution in [0.15, 0.2) is 0 Å². The van der Waals surface area contributed by atoms with Crippen molar-refractivity contribution in [2.45, 2.75) is 32.3 Å². The van der Waals surface area contributed by atoms with Crippen molar-refractivity contribution in [2.75, 3.05) is 0 Å². The van der Waals surface area contributed by atoms with Crippen molar-refractivity contribution in [3.05, 3.63) is 0 Å². The fourth-order valence-electron chi connectivity index (χ4n) is 2.43. The molecule has 0 bridgehead atoms. The van der Waals surface area contributed by atoms with E-state index in [1.54, 1.807) is 0 Å². The van der Waals surface area contributed by atoms with Crippen LogP contribution >= 0.6 is 0 Å². The van der Waals surface area contributed by atoms with Crippen LogP contribution in [0, 0.1) is 17.8 Å². The standard InChI is InChI=1S/C8H14O/c1-5-6-3-2-4-7(9)8(5)6/h5-9H,2-4H2,1H3/t5-,6-,7-,8+/m0/s1. The van der Waals surface area contributed by atoms with Crippen LogP contribution in [0.4, 0.5) is 0 Å². The SMILES string of the molecule is C[C@H]1[C@@H]2CCC[C@H](O)[C@H]12. The molecule has 4 atom stereocenters. The molecule has 0 radical (unpaired) electrons. The molecule has 0 spiro atoms. The summed E-state index contributed by atoms with van der Waals surface area (Å²) in [7, 11) is 0. The largest absolute Gasteiger partial charge is 0.393 e. The van der Waals surface area contributed by atoms with Gasteiger partial charge in [0.1, 0.15) is 0 Å². The molecule has 1 N–H and O–H groups in total. The first kappa shape index (κ1) is 5.72. The van der Waals surface area contributed by atoms with E-state index in [0.29, 0.717) is 5.92 Å². The van der Waals surface area contributed by atoms with Crippen molar-refractivity contribution in [1.82, 2.24) is 0 Å².